The standard InChI is InChI=1S/C24H28N4O3/c1-16(17-7-6-8-18(15-17)28-13-11-25-12-14-28)26-23(29)21-19-9-4-5-10-20(19)27(2)24(30)22(21)31-3/h4-10,15-16,25H,11-14H2,1-3H3,(H,26,29). The Morgan fingerprint density at radius 1 is 1.13 bits per heavy atom. The van der Waals surface area contributed by atoms with Crippen LogP contribution in [0.2, 0.25) is 0 Å². The van der Waals surface area contributed by atoms with Crippen molar-refractivity contribution in [1.82, 2.24) is 15.2 Å². The minimum absolute atomic E-state index is 0.0560. The Balaban J connectivity index is 1.65. The average Bonchev–Trinajstić information content (AvgIpc) is 2.81. The molecule has 1 aliphatic rings. The van der Waals surface area contributed by atoms with Crippen LogP contribution in [0.5, 0.6) is 5.75 Å². The van der Waals surface area contributed by atoms with Gasteiger partial charge >= 0.3 is 0 Å². The SMILES string of the molecule is COc1c(C(=O)NC(C)c2cccc(N3CCNCC3)c2)c2ccccc2n(C)c1=O. The maximum Gasteiger partial charge on any atom is 0.293 e. The number of rotatable bonds is 5. The Hall–Kier alpha value is -3.32. The highest BCUT2D eigenvalue weighted by molar-refractivity contribution is 6.08. The van der Waals surface area contributed by atoms with E-state index in [9.17, 15) is 9.59 Å². The van der Waals surface area contributed by atoms with Crippen LogP contribution in [-0.2, 0) is 7.05 Å². The number of amides is 1. The summed E-state index contributed by atoms with van der Waals surface area (Å²) in [5.41, 5.74) is 2.78. The number of ether oxygens (including phenoxy) is 1. The van der Waals surface area contributed by atoms with E-state index in [0.717, 1.165) is 37.4 Å². The molecule has 2 N–H and O–H groups in total. The first kappa shape index (κ1) is 20.9. The summed E-state index contributed by atoms with van der Waals surface area (Å²) in [6, 6.07) is 15.4. The van der Waals surface area contributed by atoms with Gasteiger partial charge in [-0.25, -0.2) is 0 Å². The number of methoxy groups -OCH3 is 1. The summed E-state index contributed by atoms with van der Waals surface area (Å²) in [5, 5.41) is 7.10. The molecule has 7 nitrogen and oxygen atoms in total. The molecule has 1 aliphatic heterocycles. The minimum Gasteiger partial charge on any atom is -0.490 e. The molecule has 1 atom stereocenters. The number of nitrogens with zero attached hydrogens (tertiary/aromatic N) is 2. The van der Waals surface area contributed by atoms with Crippen LogP contribution in [0.15, 0.2) is 53.3 Å². The number of pyridine rings is 1. The topological polar surface area (TPSA) is 75.6 Å². The number of para-hydroxylation sites is 1. The van der Waals surface area contributed by atoms with Crippen LogP contribution in [0.1, 0.15) is 28.9 Å². The van der Waals surface area contributed by atoms with E-state index in [4.69, 9.17) is 4.74 Å². The highest BCUT2D eigenvalue weighted by Gasteiger charge is 2.23. The van der Waals surface area contributed by atoms with Gasteiger partial charge in [-0.3, -0.25) is 9.59 Å². The number of aromatic nitrogens is 1. The number of anilines is 1. The van der Waals surface area contributed by atoms with Gasteiger partial charge < -0.3 is 24.8 Å². The van der Waals surface area contributed by atoms with E-state index in [1.807, 2.05) is 43.3 Å². The number of hydrogen-bond acceptors (Lipinski definition) is 5. The van der Waals surface area contributed by atoms with Crippen LogP contribution in [0.3, 0.4) is 0 Å². The van der Waals surface area contributed by atoms with Gasteiger partial charge in [-0.2, -0.15) is 0 Å². The number of piperazine rings is 1. The Bertz CT molecular complexity index is 1170. The normalized spacial score (nSPS) is 15.0. The van der Waals surface area contributed by atoms with Gasteiger partial charge in [0.15, 0.2) is 5.75 Å². The smallest absolute Gasteiger partial charge is 0.293 e. The monoisotopic (exact) mass is 420 g/mol. The molecule has 2 aromatic carbocycles. The lowest BCUT2D eigenvalue weighted by Crippen LogP contribution is -2.43. The van der Waals surface area contributed by atoms with Crippen molar-refractivity contribution in [3.63, 3.8) is 0 Å². The molecule has 3 aromatic rings. The molecule has 0 saturated carbocycles. The molecular formula is C24H28N4O3. The summed E-state index contributed by atoms with van der Waals surface area (Å²) in [6.07, 6.45) is 0. The summed E-state index contributed by atoms with van der Waals surface area (Å²) in [7, 11) is 3.10. The van der Waals surface area contributed by atoms with Crippen LogP contribution in [0, 0.1) is 0 Å². The van der Waals surface area contributed by atoms with Crippen LogP contribution in [0.25, 0.3) is 10.9 Å². The fraction of sp³-hybridized carbons (Fsp3) is 0.333. The van der Waals surface area contributed by atoms with E-state index in [0.29, 0.717) is 10.9 Å². The van der Waals surface area contributed by atoms with Crippen LogP contribution in [0.4, 0.5) is 5.69 Å². The molecule has 1 amide bonds. The zero-order valence-electron chi connectivity index (χ0n) is 18.1. The van der Waals surface area contributed by atoms with E-state index in [1.165, 1.54) is 11.7 Å². The van der Waals surface area contributed by atoms with Gasteiger partial charge in [0.05, 0.1) is 24.2 Å². The maximum absolute atomic E-state index is 13.3. The van der Waals surface area contributed by atoms with Gasteiger partial charge in [-0.15, -0.1) is 0 Å². The molecule has 1 fully saturated rings. The summed E-state index contributed by atoms with van der Waals surface area (Å²) < 4.78 is 6.87. The van der Waals surface area contributed by atoms with Crippen molar-refractivity contribution in [1.29, 1.82) is 0 Å². The van der Waals surface area contributed by atoms with Gasteiger partial charge in [-0.05, 0) is 30.7 Å². The molecule has 1 saturated heterocycles. The number of benzene rings is 2. The maximum atomic E-state index is 13.3. The third-order valence-electron chi connectivity index (χ3n) is 5.89. The summed E-state index contributed by atoms with van der Waals surface area (Å²) >= 11 is 0. The first-order chi connectivity index (χ1) is 15.0. The molecule has 7 heteroatoms. The molecule has 1 unspecified atom stereocenters. The molecule has 0 radical (unpaired) electrons. The summed E-state index contributed by atoms with van der Waals surface area (Å²) in [5.74, 6) is -0.272. The Morgan fingerprint density at radius 2 is 1.87 bits per heavy atom. The van der Waals surface area contributed by atoms with Crippen LogP contribution >= 0.6 is 0 Å². The van der Waals surface area contributed by atoms with Crippen LogP contribution < -0.4 is 25.8 Å². The van der Waals surface area contributed by atoms with E-state index < -0.39 is 0 Å². The van der Waals surface area contributed by atoms with Gasteiger partial charge in [0, 0.05) is 44.3 Å². The van der Waals surface area contributed by atoms with Crippen molar-refractivity contribution in [2.75, 3.05) is 38.2 Å². The number of carbonyl (C=O) groups excluding carboxylic acids is 1. The number of hydrogen-bond donors (Lipinski definition) is 2. The van der Waals surface area contributed by atoms with Crippen LogP contribution in [-0.4, -0.2) is 43.8 Å². The highest BCUT2D eigenvalue weighted by Crippen LogP contribution is 2.26. The van der Waals surface area contributed by atoms with Crippen molar-refractivity contribution in [2.45, 2.75) is 13.0 Å². The number of aryl methyl sites for hydroxylation is 1. The molecule has 31 heavy (non-hydrogen) atoms. The van der Waals surface area contributed by atoms with Crippen molar-refractivity contribution < 1.29 is 9.53 Å². The molecule has 4 rings (SSSR count). The van der Waals surface area contributed by atoms with Crippen molar-refractivity contribution in [3.8, 4) is 5.75 Å². The van der Waals surface area contributed by atoms with E-state index in [-0.39, 0.29) is 28.8 Å². The first-order valence-electron chi connectivity index (χ1n) is 10.5. The second-order valence-electron chi connectivity index (χ2n) is 7.82. The quantitative estimate of drug-likeness (QED) is 0.663. The molecule has 2 heterocycles. The van der Waals surface area contributed by atoms with Gasteiger partial charge in [0.1, 0.15) is 0 Å². The fourth-order valence-corrected chi connectivity index (χ4v) is 4.15. The average molecular weight is 421 g/mol. The second-order valence-corrected chi connectivity index (χ2v) is 7.82. The molecule has 162 valence electrons. The Labute approximate surface area is 181 Å². The summed E-state index contributed by atoms with van der Waals surface area (Å²) in [6.45, 7) is 5.80. The Kier molecular flexibility index (Phi) is 5.95. The van der Waals surface area contributed by atoms with E-state index in [1.54, 1.807) is 7.05 Å². The highest BCUT2D eigenvalue weighted by atomic mass is 16.5. The zero-order valence-corrected chi connectivity index (χ0v) is 18.1. The summed E-state index contributed by atoms with van der Waals surface area (Å²) in [4.78, 5) is 28.4. The molecular weight excluding hydrogens is 392 g/mol. The molecule has 1 aromatic heterocycles. The lowest BCUT2D eigenvalue weighted by Gasteiger charge is -2.30. The van der Waals surface area contributed by atoms with Crippen molar-refractivity contribution in [3.05, 3.63) is 70.0 Å². The van der Waals surface area contributed by atoms with Crippen molar-refractivity contribution in [2.24, 2.45) is 7.05 Å². The van der Waals surface area contributed by atoms with E-state index in [2.05, 4.69) is 27.7 Å². The Morgan fingerprint density at radius 3 is 2.61 bits per heavy atom. The first-order valence-corrected chi connectivity index (χ1v) is 10.5. The second kappa shape index (κ2) is 8.81. The van der Waals surface area contributed by atoms with Gasteiger partial charge in [-0.1, -0.05) is 30.3 Å². The molecule has 0 bridgehead atoms. The lowest BCUT2D eigenvalue weighted by molar-refractivity contribution is 0.0938. The lowest BCUT2D eigenvalue weighted by atomic mass is 10.0. The van der Waals surface area contributed by atoms with Gasteiger partial charge in [0.2, 0.25) is 0 Å². The predicted octanol–water partition coefficient (Wildman–Crippen LogP) is 2.45. The third-order valence-corrected chi connectivity index (χ3v) is 5.89. The predicted molar refractivity (Wildman–Crippen MR) is 123 cm³/mol. The largest absolute Gasteiger partial charge is 0.490 e. The van der Waals surface area contributed by atoms with Crippen molar-refractivity contribution >= 4 is 22.5 Å². The molecule has 0 spiro atoms. The minimum atomic E-state index is -0.334. The fourth-order valence-electron chi connectivity index (χ4n) is 4.15. The van der Waals surface area contributed by atoms with Gasteiger partial charge in [0.25, 0.3) is 11.5 Å². The number of fused-ring (bicyclic) bond motifs is 1. The molecule has 0 aliphatic carbocycles. The third kappa shape index (κ3) is 4.01. The number of carbonyl (C=O) groups is 1. The number of nitrogens with one attached hydrogen (secondary N) is 2. The zero-order chi connectivity index (χ0) is 22.0. The van der Waals surface area contributed by atoms with E-state index >= 15 is 0 Å².